The normalized spacial score (nSPS) is 15.0. The molecule has 43 heavy (non-hydrogen) atoms. The minimum Gasteiger partial charge on any atom is -0.423 e. The number of aryl methyl sites for hydroxylation is 1. The largest absolute Gasteiger partial charge is 0.423 e. The van der Waals surface area contributed by atoms with Gasteiger partial charge < -0.3 is 30.0 Å². The maximum Gasteiger partial charge on any atom is 0.235 e. The highest BCUT2D eigenvalue weighted by atomic mass is 35.5. The zero-order chi connectivity index (χ0) is 30.0. The van der Waals surface area contributed by atoms with E-state index in [9.17, 15) is 9.65 Å². The Labute approximate surface area is 255 Å². The minimum atomic E-state index is -0.446. The Morgan fingerprint density at radius 2 is 1.95 bits per heavy atom. The van der Waals surface area contributed by atoms with Crippen molar-refractivity contribution in [3.05, 3.63) is 51.4 Å². The fourth-order valence-corrected chi connectivity index (χ4v) is 6.99. The van der Waals surface area contributed by atoms with Crippen LogP contribution in [0.4, 0.5) is 21.2 Å². The van der Waals surface area contributed by atoms with Crippen LogP contribution in [-0.2, 0) is 30.9 Å². The number of ether oxygens (including phenoxy) is 1. The Kier molecular flexibility index (Phi) is 6.81. The van der Waals surface area contributed by atoms with Gasteiger partial charge in [-0.2, -0.15) is 10.2 Å². The summed E-state index contributed by atoms with van der Waals surface area (Å²) in [5.74, 6) is 1.64. The van der Waals surface area contributed by atoms with E-state index < -0.39 is 5.82 Å². The van der Waals surface area contributed by atoms with E-state index >= 15 is 0 Å². The number of anilines is 3. The molecule has 0 amide bonds. The summed E-state index contributed by atoms with van der Waals surface area (Å²) in [5.41, 5.74) is 9.88. The average Bonchev–Trinajstić information content (AvgIpc) is 3.70. The second-order valence-electron chi connectivity index (χ2n) is 10.8. The number of hydrogen-bond donors (Lipinski definition) is 2. The molecule has 2 aromatic carbocycles. The third-order valence-corrected chi connectivity index (χ3v) is 9.47. The molecule has 0 atom stereocenters. The van der Waals surface area contributed by atoms with Gasteiger partial charge in [-0.25, -0.2) is 9.37 Å². The minimum absolute atomic E-state index is 0.227. The van der Waals surface area contributed by atoms with Crippen molar-refractivity contribution in [1.82, 2.24) is 25.1 Å². The highest BCUT2D eigenvalue weighted by Crippen LogP contribution is 2.49. The number of nitrogens with zero attached hydrogens (tertiary/aromatic N) is 7. The molecule has 0 saturated carbocycles. The molecule has 2 aliphatic heterocycles. The van der Waals surface area contributed by atoms with Crippen LogP contribution in [0.25, 0.3) is 32.1 Å². The number of fused-ring (bicyclic) bond motifs is 4. The van der Waals surface area contributed by atoms with Crippen LogP contribution >= 0.6 is 22.9 Å². The first kappa shape index (κ1) is 27.7. The van der Waals surface area contributed by atoms with Crippen molar-refractivity contribution >= 4 is 60.7 Å². The quantitative estimate of drug-likeness (QED) is 0.251. The molecule has 14 heteroatoms. The Bertz CT molecular complexity index is 1960. The van der Waals surface area contributed by atoms with Crippen LogP contribution in [0.5, 0.6) is 0 Å². The van der Waals surface area contributed by atoms with Gasteiger partial charge in [-0.1, -0.05) is 24.6 Å². The molecular weight excluding hydrogens is 593 g/mol. The summed E-state index contributed by atoms with van der Waals surface area (Å²) in [6.07, 6.45) is 0.638. The van der Waals surface area contributed by atoms with E-state index in [4.69, 9.17) is 36.5 Å². The van der Waals surface area contributed by atoms with E-state index in [-0.39, 0.29) is 23.7 Å². The van der Waals surface area contributed by atoms with Gasteiger partial charge in [-0.15, -0.1) is 21.5 Å². The maximum atomic E-state index is 14.9. The zero-order valence-corrected chi connectivity index (χ0v) is 25.2. The second kappa shape index (κ2) is 10.6. The predicted octanol–water partition coefficient (Wildman–Crippen LogP) is 5.10. The van der Waals surface area contributed by atoms with Crippen LogP contribution in [0, 0.1) is 17.1 Å². The van der Waals surface area contributed by atoms with Gasteiger partial charge in [0.05, 0.1) is 45.9 Å². The summed E-state index contributed by atoms with van der Waals surface area (Å²) in [6, 6.07) is 5.56. The van der Waals surface area contributed by atoms with Crippen molar-refractivity contribution in [3.8, 4) is 17.2 Å². The summed E-state index contributed by atoms with van der Waals surface area (Å²) >= 11 is 8.34. The predicted molar refractivity (Wildman–Crippen MR) is 164 cm³/mol. The number of aromatic nitrogens is 4. The number of nitrogens with one attached hydrogen (secondary N) is 1. The number of benzene rings is 2. The van der Waals surface area contributed by atoms with Crippen LogP contribution in [0.2, 0.25) is 5.02 Å². The van der Waals surface area contributed by atoms with Crippen molar-refractivity contribution in [3.63, 3.8) is 0 Å². The number of halogens is 2. The van der Waals surface area contributed by atoms with E-state index in [2.05, 4.69) is 31.4 Å². The highest BCUT2D eigenvalue weighted by molar-refractivity contribution is 7.23. The van der Waals surface area contributed by atoms with Crippen LogP contribution < -0.4 is 16.0 Å². The van der Waals surface area contributed by atoms with E-state index in [1.165, 1.54) is 6.07 Å². The zero-order valence-electron chi connectivity index (χ0n) is 23.7. The third-order valence-electron chi connectivity index (χ3n) is 8.08. The summed E-state index contributed by atoms with van der Waals surface area (Å²) in [6.45, 7) is 4.32. The van der Waals surface area contributed by atoms with Crippen LogP contribution in [0.3, 0.4) is 0 Å². The van der Waals surface area contributed by atoms with Crippen LogP contribution in [0.1, 0.15) is 35.4 Å². The number of thiophene rings is 1. The lowest BCUT2D eigenvalue weighted by atomic mass is 9.91. The number of likely N-dealkylation sites (N-methyl/N-ethyl adjacent to an activating group) is 1. The summed E-state index contributed by atoms with van der Waals surface area (Å²) in [5, 5.41) is 23.3. The first-order valence-electron chi connectivity index (χ1n) is 13.8. The molecule has 1 saturated heterocycles. The molecule has 11 nitrogen and oxygen atoms in total. The van der Waals surface area contributed by atoms with Gasteiger partial charge in [0.25, 0.3) is 0 Å². The van der Waals surface area contributed by atoms with Gasteiger partial charge in [-0.3, -0.25) is 0 Å². The smallest absolute Gasteiger partial charge is 0.235 e. The molecule has 7 rings (SSSR count). The molecule has 5 aromatic rings. The van der Waals surface area contributed by atoms with Gasteiger partial charge in [0.2, 0.25) is 17.7 Å². The molecule has 0 spiro atoms. The van der Waals surface area contributed by atoms with Gasteiger partial charge in [0.15, 0.2) is 0 Å². The Balaban J connectivity index is 1.45. The Morgan fingerprint density at radius 1 is 1.19 bits per heavy atom. The number of hydrogen-bond acceptors (Lipinski definition) is 12. The van der Waals surface area contributed by atoms with E-state index in [1.807, 2.05) is 21.0 Å². The molecule has 2 aliphatic rings. The topological polar surface area (TPSA) is 142 Å². The first-order valence-corrected chi connectivity index (χ1v) is 15.0. The summed E-state index contributed by atoms with van der Waals surface area (Å²) in [7, 11) is 4.10. The van der Waals surface area contributed by atoms with Crippen molar-refractivity contribution in [2.24, 2.45) is 0 Å². The molecular formula is C29H27ClFN9O2S. The Hall–Kier alpha value is -4.09. The monoisotopic (exact) mass is 619 g/mol. The van der Waals surface area contributed by atoms with E-state index in [0.717, 1.165) is 40.9 Å². The van der Waals surface area contributed by atoms with E-state index in [0.29, 0.717) is 74.4 Å². The average molecular weight is 620 g/mol. The van der Waals surface area contributed by atoms with Crippen LogP contribution in [-0.4, -0.2) is 58.3 Å². The van der Waals surface area contributed by atoms with Gasteiger partial charge in [0.1, 0.15) is 22.7 Å². The fourth-order valence-electron chi connectivity index (χ4n) is 5.69. The molecule has 1 fully saturated rings. The lowest BCUT2D eigenvalue weighted by molar-refractivity contribution is 0.135. The standard InChI is InChI=1S/C29H27ClFN9O2S/c1-4-19-37-38-20(42-19)8-34-28-23-17-12-41-11-16(17)21(14-5-6-18(31)26-22(14)15(7-32)27(33)43-26)24(30)25(23)35-29(36-28)40-9-13(10-40)39(2)3/h5-6,13H,4,8-12,33H2,1-3H3,(H,34,35,36). The molecule has 0 radical (unpaired) electrons. The summed E-state index contributed by atoms with van der Waals surface area (Å²) < 4.78 is 26.9. The van der Waals surface area contributed by atoms with E-state index in [1.54, 1.807) is 6.07 Å². The first-order chi connectivity index (χ1) is 20.8. The van der Waals surface area contributed by atoms with Crippen LogP contribution in [0.15, 0.2) is 16.5 Å². The van der Waals surface area contributed by atoms with Crippen molar-refractivity contribution < 1.29 is 13.5 Å². The maximum absolute atomic E-state index is 14.9. The SMILES string of the molecule is CCc1nnc(CNc2nc(N3CC(N(C)C)C3)nc3c(Cl)c(-c4ccc(F)c5sc(N)c(C#N)c45)c4c(c23)COC4)o1. The number of rotatable bonds is 7. The number of nitrogen functional groups attached to an aromatic ring is 1. The molecule has 3 aromatic heterocycles. The molecule has 0 bridgehead atoms. The molecule has 220 valence electrons. The Morgan fingerprint density at radius 3 is 2.67 bits per heavy atom. The second-order valence-corrected chi connectivity index (χ2v) is 12.2. The lowest BCUT2D eigenvalue weighted by Crippen LogP contribution is -2.58. The lowest BCUT2D eigenvalue weighted by Gasteiger charge is -2.42. The molecule has 3 N–H and O–H groups in total. The third kappa shape index (κ3) is 4.44. The summed E-state index contributed by atoms with van der Waals surface area (Å²) in [4.78, 5) is 14.2. The van der Waals surface area contributed by atoms with Crippen molar-refractivity contribution in [2.75, 3.05) is 43.1 Å². The highest BCUT2D eigenvalue weighted by Gasteiger charge is 2.34. The number of nitrogens with two attached hydrogens (primary N) is 1. The van der Waals surface area contributed by atoms with Gasteiger partial charge in [0, 0.05) is 36.5 Å². The number of nitriles is 1. The van der Waals surface area contributed by atoms with Crippen molar-refractivity contribution in [2.45, 2.75) is 39.1 Å². The van der Waals surface area contributed by atoms with Gasteiger partial charge >= 0.3 is 0 Å². The molecule has 0 unspecified atom stereocenters. The molecule has 5 heterocycles. The molecule has 0 aliphatic carbocycles. The van der Waals surface area contributed by atoms with Gasteiger partial charge in [-0.05, 0) is 36.9 Å². The van der Waals surface area contributed by atoms with Crippen molar-refractivity contribution in [1.29, 1.82) is 5.26 Å². The fraction of sp³-hybridized carbons (Fsp3) is 0.345.